The molecule has 0 aliphatic heterocycles. The molecule has 1 aromatic carbocycles. The molecule has 0 fully saturated rings. The Balaban J connectivity index is 1.80. The molecule has 0 aliphatic rings. The number of urea groups is 1. The van der Waals surface area contributed by atoms with Crippen molar-refractivity contribution < 1.29 is 9.90 Å². The van der Waals surface area contributed by atoms with Crippen LogP contribution in [0.1, 0.15) is 24.2 Å². The van der Waals surface area contributed by atoms with Gasteiger partial charge < -0.3 is 15.7 Å². The third kappa shape index (κ3) is 4.89. The van der Waals surface area contributed by atoms with Crippen LogP contribution in [-0.4, -0.2) is 22.7 Å². The Labute approximate surface area is 124 Å². The van der Waals surface area contributed by atoms with E-state index in [9.17, 15) is 9.90 Å². The second kappa shape index (κ2) is 7.40. The Morgan fingerprint density at radius 1 is 1.29 bits per heavy atom. The van der Waals surface area contributed by atoms with Gasteiger partial charge in [0.25, 0.3) is 0 Å². The quantitative estimate of drug-likeness (QED) is 0.790. The van der Waals surface area contributed by atoms with E-state index in [1.54, 1.807) is 37.5 Å². The highest BCUT2D eigenvalue weighted by Crippen LogP contribution is 2.16. The summed E-state index contributed by atoms with van der Waals surface area (Å²) in [6.45, 7) is 2.24. The van der Waals surface area contributed by atoms with Crippen LogP contribution in [0.5, 0.6) is 0 Å². The van der Waals surface area contributed by atoms with Crippen LogP contribution in [0.2, 0.25) is 0 Å². The predicted octanol–water partition coefficient (Wildman–Crippen LogP) is 2.50. The predicted molar refractivity (Wildman–Crippen MR) is 82.0 cm³/mol. The van der Waals surface area contributed by atoms with Gasteiger partial charge in [-0.15, -0.1) is 0 Å². The summed E-state index contributed by atoms with van der Waals surface area (Å²) in [7, 11) is 0. The van der Waals surface area contributed by atoms with Crippen LogP contribution in [0, 0.1) is 0 Å². The highest BCUT2D eigenvalue weighted by molar-refractivity contribution is 5.89. The molecule has 1 aromatic heterocycles. The van der Waals surface area contributed by atoms with Crippen molar-refractivity contribution in [1.29, 1.82) is 0 Å². The van der Waals surface area contributed by atoms with E-state index in [1.807, 2.05) is 18.2 Å². The monoisotopic (exact) mass is 285 g/mol. The normalized spacial score (nSPS) is 11.7. The number of carbonyl (C=O) groups is 1. The van der Waals surface area contributed by atoms with Gasteiger partial charge in [-0.3, -0.25) is 4.98 Å². The third-order valence-electron chi connectivity index (χ3n) is 3.08. The average molecular weight is 285 g/mol. The Hall–Kier alpha value is -2.40. The Kier molecular flexibility index (Phi) is 5.29. The molecule has 5 heteroatoms. The lowest BCUT2D eigenvalue weighted by molar-refractivity contribution is 0.199. The molecule has 110 valence electrons. The second-order valence-corrected chi connectivity index (χ2v) is 4.79. The number of nitrogens with zero attached hydrogens (tertiary/aromatic N) is 1. The first-order valence-corrected chi connectivity index (χ1v) is 6.87. The molecular weight excluding hydrogens is 266 g/mol. The molecule has 0 bridgehead atoms. The first kappa shape index (κ1) is 15.0. The first-order chi connectivity index (χ1) is 10.1. The van der Waals surface area contributed by atoms with Gasteiger partial charge in [-0.2, -0.15) is 0 Å². The van der Waals surface area contributed by atoms with Gasteiger partial charge in [0.15, 0.2) is 0 Å². The van der Waals surface area contributed by atoms with E-state index >= 15 is 0 Å². The Morgan fingerprint density at radius 2 is 2.05 bits per heavy atom. The number of aromatic nitrogens is 1. The molecule has 2 rings (SSSR count). The van der Waals surface area contributed by atoms with E-state index in [-0.39, 0.29) is 6.03 Å². The highest BCUT2D eigenvalue weighted by atomic mass is 16.3. The zero-order valence-electron chi connectivity index (χ0n) is 11.9. The van der Waals surface area contributed by atoms with Crippen LogP contribution < -0.4 is 10.6 Å². The molecule has 1 unspecified atom stereocenters. The number of rotatable bonds is 5. The number of benzene rings is 1. The lowest BCUT2D eigenvalue weighted by Crippen LogP contribution is -2.30. The summed E-state index contributed by atoms with van der Waals surface area (Å²) in [5.74, 6) is 0. The molecule has 1 heterocycles. The molecule has 5 nitrogen and oxygen atoms in total. The fraction of sp³-hybridized carbons (Fsp3) is 0.250. The van der Waals surface area contributed by atoms with Gasteiger partial charge in [0.2, 0.25) is 0 Å². The summed E-state index contributed by atoms with van der Waals surface area (Å²) in [4.78, 5) is 15.7. The minimum atomic E-state index is -0.554. The maximum Gasteiger partial charge on any atom is 0.319 e. The number of hydrogen-bond acceptors (Lipinski definition) is 3. The maximum absolute atomic E-state index is 11.8. The molecule has 0 spiro atoms. The van der Waals surface area contributed by atoms with Gasteiger partial charge in [-0.25, -0.2) is 4.79 Å². The van der Waals surface area contributed by atoms with Crippen molar-refractivity contribution in [3.63, 3.8) is 0 Å². The molecule has 1 atom stereocenters. The average Bonchev–Trinajstić information content (AvgIpc) is 2.48. The van der Waals surface area contributed by atoms with E-state index in [1.165, 1.54) is 0 Å². The zero-order valence-corrected chi connectivity index (χ0v) is 11.9. The van der Waals surface area contributed by atoms with Crippen molar-refractivity contribution >= 4 is 11.7 Å². The SMILES string of the molecule is CC(O)c1cccc(NC(=O)NCCc2ccncc2)c1. The smallest absolute Gasteiger partial charge is 0.319 e. The van der Waals surface area contributed by atoms with E-state index in [0.29, 0.717) is 12.2 Å². The summed E-state index contributed by atoms with van der Waals surface area (Å²) in [5, 5.41) is 15.1. The zero-order chi connectivity index (χ0) is 15.1. The molecule has 0 saturated heterocycles. The van der Waals surface area contributed by atoms with Crippen LogP contribution in [0.15, 0.2) is 48.8 Å². The van der Waals surface area contributed by atoms with E-state index in [4.69, 9.17) is 0 Å². The van der Waals surface area contributed by atoms with Crippen molar-refractivity contribution in [2.75, 3.05) is 11.9 Å². The molecule has 21 heavy (non-hydrogen) atoms. The molecule has 3 N–H and O–H groups in total. The number of pyridine rings is 1. The first-order valence-electron chi connectivity index (χ1n) is 6.87. The third-order valence-corrected chi connectivity index (χ3v) is 3.08. The molecule has 0 saturated carbocycles. The summed E-state index contributed by atoms with van der Waals surface area (Å²) < 4.78 is 0. The topological polar surface area (TPSA) is 74.2 Å². The standard InChI is InChI=1S/C16H19N3O2/c1-12(20)14-3-2-4-15(11-14)19-16(21)18-10-7-13-5-8-17-9-6-13/h2-6,8-9,11-12,20H,7,10H2,1H3,(H2,18,19,21). The number of hydrogen-bond donors (Lipinski definition) is 3. The van der Waals surface area contributed by atoms with Gasteiger partial charge in [0.1, 0.15) is 0 Å². The molecule has 0 aliphatic carbocycles. The van der Waals surface area contributed by atoms with Crippen LogP contribution in [0.3, 0.4) is 0 Å². The minimum absolute atomic E-state index is 0.258. The van der Waals surface area contributed by atoms with Crippen molar-refractivity contribution in [3.05, 3.63) is 59.9 Å². The molecular formula is C16H19N3O2. The number of carbonyl (C=O) groups excluding carboxylic acids is 1. The number of aliphatic hydroxyl groups excluding tert-OH is 1. The second-order valence-electron chi connectivity index (χ2n) is 4.79. The highest BCUT2D eigenvalue weighted by Gasteiger charge is 2.04. The van der Waals surface area contributed by atoms with Crippen LogP contribution in [0.4, 0.5) is 10.5 Å². The van der Waals surface area contributed by atoms with Crippen LogP contribution in [-0.2, 0) is 6.42 Å². The summed E-state index contributed by atoms with van der Waals surface area (Å²) in [6.07, 6.45) is 3.67. The van der Waals surface area contributed by atoms with E-state index in [2.05, 4.69) is 15.6 Å². The van der Waals surface area contributed by atoms with Gasteiger partial charge in [-0.1, -0.05) is 12.1 Å². The summed E-state index contributed by atoms with van der Waals surface area (Å²) in [5.41, 5.74) is 2.56. The summed E-state index contributed by atoms with van der Waals surface area (Å²) >= 11 is 0. The van der Waals surface area contributed by atoms with Crippen molar-refractivity contribution in [2.24, 2.45) is 0 Å². The Bertz CT molecular complexity index is 585. The summed E-state index contributed by atoms with van der Waals surface area (Å²) in [6, 6.07) is 10.7. The Morgan fingerprint density at radius 3 is 2.76 bits per heavy atom. The number of anilines is 1. The fourth-order valence-electron chi connectivity index (χ4n) is 1.92. The van der Waals surface area contributed by atoms with Gasteiger partial charge >= 0.3 is 6.03 Å². The maximum atomic E-state index is 11.8. The van der Waals surface area contributed by atoms with Gasteiger partial charge in [-0.05, 0) is 48.7 Å². The largest absolute Gasteiger partial charge is 0.389 e. The molecule has 2 amide bonds. The number of aliphatic hydroxyl groups is 1. The minimum Gasteiger partial charge on any atom is -0.389 e. The van der Waals surface area contributed by atoms with Crippen molar-refractivity contribution in [3.8, 4) is 0 Å². The van der Waals surface area contributed by atoms with Gasteiger partial charge in [0, 0.05) is 24.6 Å². The van der Waals surface area contributed by atoms with Crippen molar-refractivity contribution in [1.82, 2.24) is 10.3 Å². The lowest BCUT2D eigenvalue weighted by Gasteiger charge is -2.10. The fourth-order valence-corrected chi connectivity index (χ4v) is 1.92. The molecule has 0 radical (unpaired) electrons. The number of amides is 2. The van der Waals surface area contributed by atoms with Crippen LogP contribution in [0.25, 0.3) is 0 Å². The van der Waals surface area contributed by atoms with E-state index < -0.39 is 6.10 Å². The lowest BCUT2D eigenvalue weighted by atomic mass is 10.1. The van der Waals surface area contributed by atoms with Crippen molar-refractivity contribution in [2.45, 2.75) is 19.4 Å². The van der Waals surface area contributed by atoms with E-state index in [0.717, 1.165) is 17.5 Å². The van der Waals surface area contributed by atoms with Gasteiger partial charge in [0.05, 0.1) is 6.10 Å². The molecule has 2 aromatic rings. The van der Waals surface area contributed by atoms with Crippen LogP contribution >= 0.6 is 0 Å². The number of nitrogens with one attached hydrogen (secondary N) is 2.